The number of phenols is 1. The molecule has 1 aromatic carbocycles. The molecule has 2 heterocycles. The van der Waals surface area contributed by atoms with E-state index in [1.54, 1.807) is 19.9 Å². The lowest BCUT2D eigenvalue weighted by Crippen LogP contribution is -2.26. The number of H-pyrrole nitrogens is 1. The van der Waals surface area contributed by atoms with Crippen LogP contribution in [-0.2, 0) is 20.7 Å². The summed E-state index contributed by atoms with van der Waals surface area (Å²) in [5, 5.41) is 10.2. The summed E-state index contributed by atoms with van der Waals surface area (Å²) >= 11 is 0. The van der Waals surface area contributed by atoms with Crippen molar-refractivity contribution in [1.29, 1.82) is 0 Å². The summed E-state index contributed by atoms with van der Waals surface area (Å²) in [6.07, 6.45) is 0.275. The van der Waals surface area contributed by atoms with Crippen molar-refractivity contribution in [3.63, 3.8) is 0 Å². The number of methoxy groups -OCH3 is 1. The Kier molecular flexibility index (Phi) is 5.45. The predicted molar refractivity (Wildman–Crippen MR) is 103 cm³/mol. The van der Waals surface area contributed by atoms with Gasteiger partial charge in [-0.2, -0.15) is 0 Å². The number of hydrogen-bond acceptors (Lipinski definition) is 7. The molecule has 0 radical (unpaired) electrons. The third-order valence-corrected chi connectivity index (χ3v) is 4.72. The first-order chi connectivity index (χ1) is 13.7. The third-order valence-electron chi connectivity index (χ3n) is 4.72. The Balaban J connectivity index is 1.72. The number of phenolic OH excluding ortho intramolecular Hbond substituents is 1. The molecule has 0 aliphatic rings. The molecule has 0 aliphatic heterocycles. The van der Waals surface area contributed by atoms with Gasteiger partial charge in [0.1, 0.15) is 11.3 Å². The minimum Gasteiger partial charge on any atom is -0.508 e. The number of hydrogen-bond donors (Lipinski definition) is 2. The number of carbonyl (C=O) groups is 3. The van der Waals surface area contributed by atoms with Gasteiger partial charge in [-0.3, -0.25) is 9.59 Å². The number of carbonyl (C=O) groups excluding carboxylic acids is 3. The van der Waals surface area contributed by atoms with Gasteiger partial charge in [0, 0.05) is 22.7 Å². The summed E-state index contributed by atoms with van der Waals surface area (Å²) in [5.74, 6) is -1.53. The second-order valence-electron chi connectivity index (χ2n) is 6.73. The summed E-state index contributed by atoms with van der Waals surface area (Å²) in [4.78, 5) is 39.8. The Bertz CT molecular complexity index is 1110. The summed E-state index contributed by atoms with van der Waals surface area (Å²) < 4.78 is 15.4. The van der Waals surface area contributed by atoms with Gasteiger partial charge in [0.15, 0.2) is 6.10 Å². The first kappa shape index (κ1) is 20.2. The van der Waals surface area contributed by atoms with E-state index in [9.17, 15) is 19.5 Å². The highest BCUT2D eigenvalue weighted by Crippen LogP contribution is 2.26. The van der Waals surface area contributed by atoms with E-state index in [1.807, 2.05) is 0 Å². The molecule has 8 heteroatoms. The predicted octanol–water partition coefficient (Wildman–Crippen LogP) is 3.23. The van der Waals surface area contributed by atoms with Crippen molar-refractivity contribution in [2.45, 2.75) is 33.3 Å². The van der Waals surface area contributed by atoms with Gasteiger partial charge in [0.05, 0.1) is 31.1 Å². The van der Waals surface area contributed by atoms with Crippen molar-refractivity contribution in [3.05, 3.63) is 52.5 Å². The molecular formula is C21H21NO7. The molecule has 0 amide bonds. The highest BCUT2D eigenvalue weighted by Gasteiger charge is 2.27. The van der Waals surface area contributed by atoms with Crippen molar-refractivity contribution in [2.24, 2.45) is 0 Å². The zero-order valence-corrected chi connectivity index (χ0v) is 16.5. The van der Waals surface area contributed by atoms with E-state index in [0.29, 0.717) is 33.4 Å². The third kappa shape index (κ3) is 3.87. The largest absolute Gasteiger partial charge is 0.508 e. The van der Waals surface area contributed by atoms with E-state index in [4.69, 9.17) is 13.9 Å². The number of fused-ring (bicyclic) bond motifs is 1. The molecule has 3 rings (SSSR count). The number of aromatic amines is 1. The monoisotopic (exact) mass is 399 g/mol. The lowest BCUT2D eigenvalue weighted by molar-refractivity contribution is -0.145. The number of ether oxygens (including phenoxy) is 2. The standard InChI is InChI=1S/C21H21NO7/c1-10-18(21(26)27-4)11(2)22-19(10)20(25)12(3)29-17(24)7-13-9-28-16-8-14(23)5-6-15(13)16/h5-6,8-9,12,22-23H,7H2,1-4H3/t12-/m0/s1. The Morgan fingerprint density at radius 1 is 1.24 bits per heavy atom. The molecule has 0 spiro atoms. The molecule has 1 atom stereocenters. The Hall–Kier alpha value is -3.55. The van der Waals surface area contributed by atoms with Gasteiger partial charge in [-0.05, 0) is 38.5 Å². The van der Waals surface area contributed by atoms with Crippen LogP contribution in [0, 0.1) is 13.8 Å². The van der Waals surface area contributed by atoms with E-state index in [1.165, 1.54) is 32.4 Å². The molecule has 0 unspecified atom stereocenters. The van der Waals surface area contributed by atoms with Crippen LogP contribution < -0.4 is 0 Å². The van der Waals surface area contributed by atoms with Crippen LogP contribution in [0.2, 0.25) is 0 Å². The fourth-order valence-corrected chi connectivity index (χ4v) is 3.26. The number of aromatic nitrogens is 1. The summed E-state index contributed by atoms with van der Waals surface area (Å²) in [6, 6.07) is 4.59. The van der Waals surface area contributed by atoms with Crippen molar-refractivity contribution >= 4 is 28.7 Å². The number of nitrogens with one attached hydrogen (secondary N) is 1. The molecule has 0 bridgehead atoms. The van der Waals surface area contributed by atoms with Crippen LogP contribution in [0.15, 0.2) is 28.9 Å². The summed E-state index contributed by atoms with van der Waals surface area (Å²) in [6.45, 7) is 4.76. The molecule has 0 saturated carbocycles. The quantitative estimate of drug-likeness (QED) is 0.482. The number of benzene rings is 1. The van der Waals surface area contributed by atoms with Crippen LogP contribution in [0.25, 0.3) is 11.0 Å². The average molecular weight is 399 g/mol. The molecule has 0 saturated heterocycles. The number of rotatable bonds is 6. The van der Waals surface area contributed by atoms with Gasteiger partial charge >= 0.3 is 11.9 Å². The van der Waals surface area contributed by atoms with Crippen molar-refractivity contribution < 1.29 is 33.4 Å². The molecule has 0 aliphatic carbocycles. The van der Waals surface area contributed by atoms with E-state index in [2.05, 4.69) is 4.98 Å². The van der Waals surface area contributed by atoms with E-state index < -0.39 is 23.8 Å². The van der Waals surface area contributed by atoms with Gasteiger partial charge in [-0.25, -0.2) is 4.79 Å². The van der Waals surface area contributed by atoms with Crippen molar-refractivity contribution in [1.82, 2.24) is 4.98 Å². The van der Waals surface area contributed by atoms with Gasteiger partial charge < -0.3 is 24.0 Å². The van der Waals surface area contributed by atoms with Crippen LogP contribution in [0.3, 0.4) is 0 Å². The van der Waals surface area contributed by atoms with Gasteiger partial charge in [-0.1, -0.05) is 0 Å². The Morgan fingerprint density at radius 3 is 2.66 bits per heavy atom. The number of ketones is 1. The van der Waals surface area contributed by atoms with Gasteiger partial charge in [0.25, 0.3) is 0 Å². The summed E-state index contributed by atoms with van der Waals surface area (Å²) in [7, 11) is 1.26. The van der Waals surface area contributed by atoms with E-state index in [0.717, 1.165) is 0 Å². The first-order valence-corrected chi connectivity index (χ1v) is 8.93. The number of aromatic hydroxyl groups is 1. The molecule has 152 valence electrons. The van der Waals surface area contributed by atoms with Crippen molar-refractivity contribution in [3.8, 4) is 5.75 Å². The molecule has 2 aromatic heterocycles. The van der Waals surface area contributed by atoms with Crippen LogP contribution in [0.5, 0.6) is 5.75 Å². The molecule has 8 nitrogen and oxygen atoms in total. The smallest absolute Gasteiger partial charge is 0.339 e. The second-order valence-corrected chi connectivity index (χ2v) is 6.73. The maximum atomic E-state index is 12.7. The van der Waals surface area contributed by atoms with Crippen LogP contribution >= 0.6 is 0 Å². The highest BCUT2D eigenvalue weighted by atomic mass is 16.5. The lowest BCUT2D eigenvalue weighted by atomic mass is 10.1. The van der Waals surface area contributed by atoms with Gasteiger partial charge in [0.2, 0.25) is 5.78 Å². The normalized spacial score (nSPS) is 12.0. The summed E-state index contributed by atoms with van der Waals surface area (Å²) in [5.41, 5.74) is 2.48. The SMILES string of the molecule is COC(=O)c1c(C)[nH]c(C(=O)[C@H](C)OC(=O)Cc2coc3cc(O)ccc23)c1C. The zero-order valence-electron chi connectivity index (χ0n) is 16.5. The Morgan fingerprint density at radius 2 is 1.97 bits per heavy atom. The topological polar surface area (TPSA) is 119 Å². The molecule has 0 fully saturated rings. The van der Waals surface area contributed by atoms with E-state index in [-0.39, 0.29) is 17.9 Å². The molecular weight excluding hydrogens is 378 g/mol. The highest BCUT2D eigenvalue weighted by molar-refractivity contribution is 6.04. The first-order valence-electron chi connectivity index (χ1n) is 8.93. The zero-order chi connectivity index (χ0) is 21.3. The van der Waals surface area contributed by atoms with E-state index >= 15 is 0 Å². The lowest BCUT2D eigenvalue weighted by Gasteiger charge is -2.12. The molecule has 2 N–H and O–H groups in total. The van der Waals surface area contributed by atoms with Crippen molar-refractivity contribution in [2.75, 3.05) is 7.11 Å². The molecule has 29 heavy (non-hydrogen) atoms. The van der Waals surface area contributed by atoms with Crippen LogP contribution in [0.1, 0.15) is 44.6 Å². The maximum absolute atomic E-state index is 12.7. The minimum absolute atomic E-state index is 0.0585. The average Bonchev–Trinajstić information content (AvgIpc) is 3.20. The van der Waals surface area contributed by atoms with Crippen LogP contribution in [0.4, 0.5) is 0 Å². The number of Topliss-reactive ketones (excluding diaryl/α,β-unsaturated/α-hetero) is 1. The second kappa shape index (κ2) is 7.83. The number of furan rings is 1. The minimum atomic E-state index is -1.05. The van der Waals surface area contributed by atoms with Crippen LogP contribution in [-0.4, -0.2) is 41.0 Å². The number of esters is 2. The fraction of sp³-hybridized carbons (Fsp3) is 0.286. The fourth-order valence-electron chi connectivity index (χ4n) is 3.26. The Labute approximate surface area is 166 Å². The van der Waals surface area contributed by atoms with Gasteiger partial charge in [-0.15, -0.1) is 0 Å². The maximum Gasteiger partial charge on any atom is 0.339 e. The number of aryl methyl sites for hydroxylation is 1. The molecule has 3 aromatic rings.